The smallest absolute Gasteiger partial charge is 0.146 e. The molecule has 4 nitrogen and oxygen atoms in total. The predicted molar refractivity (Wildman–Crippen MR) is 181 cm³/mol. The molecule has 4 aromatic heterocycles. The Morgan fingerprint density at radius 2 is 1.18 bits per heavy atom. The lowest BCUT2D eigenvalue weighted by molar-refractivity contribution is 1.17. The van der Waals surface area contributed by atoms with E-state index >= 15 is 0 Å². The Balaban J connectivity index is 1.10. The number of hydrogen-bond acceptors (Lipinski definition) is 2. The first-order valence-electron chi connectivity index (χ1n) is 14.8. The summed E-state index contributed by atoms with van der Waals surface area (Å²) in [5.74, 6) is 0.896. The van der Waals surface area contributed by atoms with E-state index < -0.39 is 0 Å². The van der Waals surface area contributed by atoms with Crippen molar-refractivity contribution in [3.05, 3.63) is 158 Å². The van der Waals surface area contributed by atoms with Gasteiger partial charge in [0.1, 0.15) is 11.5 Å². The minimum absolute atomic E-state index is 0.896. The first-order chi connectivity index (χ1) is 21.8. The largest absolute Gasteiger partial charge is 0.309 e. The number of imidazole rings is 1. The lowest BCUT2D eigenvalue weighted by atomic mass is 9.97. The van der Waals surface area contributed by atoms with Gasteiger partial charge in [-0.3, -0.25) is 4.40 Å². The Morgan fingerprint density at radius 3 is 2.07 bits per heavy atom. The van der Waals surface area contributed by atoms with Crippen molar-refractivity contribution in [2.24, 2.45) is 0 Å². The molecule has 0 radical (unpaired) electrons. The summed E-state index contributed by atoms with van der Waals surface area (Å²) in [7, 11) is 0. The van der Waals surface area contributed by atoms with Crippen LogP contribution in [-0.4, -0.2) is 18.9 Å². The molecule has 0 fully saturated rings. The first-order valence-corrected chi connectivity index (χ1v) is 14.8. The SMILES string of the molecule is c1ccc(-n2c3ccccc3c3cc(-c4cccc(-c5ccc(-c6ncc7ccc8cccnc8n67)cc5)c4)ccc32)cc1. The molecule has 0 aliphatic carbocycles. The van der Waals surface area contributed by atoms with E-state index in [1.165, 1.54) is 49.7 Å². The monoisotopic (exact) mass is 562 g/mol. The Bertz CT molecular complexity index is 2480. The fourth-order valence-corrected chi connectivity index (χ4v) is 6.51. The van der Waals surface area contributed by atoms with E-state index in [9.17, 15) is 0 Å². The summed E-state index contributed by atoms with van der Waals surface area (Å²) < 4.78 is 4.49. The zero-order valence-corrected chi connectivity index (χ0v) is 23.8. The fraction of sp³-hybridized carbons (Fsp3) is 0. The summed E-state index contributed by atoms with van der Waals surface area (Å²) in [6, 6.07) is 51.8. The van der Waals surface area contributed by atoms with Crippen LogP contribution in [0.2, 0.25) is 0 Å². The molecule has 0 bridgehead atoms. The van der Waals surface area contributed by atoms with Crippen LogP contribution in [0.15, 0.2) is 158 Å². The van der Waals surface area contributed by atoms with Crippen molar-refractivity contribution in [2.75, 3.05) is 0 Å². The van der Waals surface area contributed by atoms with E-state index in [2.05, 4.69) is 153 Å². The van der Waals surface area contributed by atoms with E-state index in [-0.39, 0.29) is 0 Å². The molecule has 206 valence electrons. The zero-order valence-electron chi connectivity index (χ0n) is 23.8. The Labute approximate surface area is 254 Å². The van der Waals surface area contributed by atoms with Crippen LogP contribution in [0.4, 0.5) is 0 Å². The Morgan fingerprint density at radius 1 is 0.455 bits per heavy atom. The van der Waals surface area contributed by atoms with Gasteiger partial charge in [0.25, 0.3) is 0 Å². The molecule has 0 N–H and O–H groups in total. The maximum absolute atomic E-state index is 4.76. The van der Waals surface area contributed by atoms with Gasteiger partial charge >= 0.3 is 0 Å². The minimum atomic E-state index is 0.896. The van der Waals surface area contributed by atoms with Crippen molar-refractivity contribution < 1.29 is 0 Å². The maximum Gasteiger partial charge on any atom is 0.146 e. The highest BCUT2D eigenvalue weighted by Crippen LogP contribution is 2.36. The van der Waals surface area contributed by atoms with Gasteiger partial charge in [-0.05, 0) is 82.9 Å². The van der Waals surface area contributed by atoms with Crippen molar-refractivity contribution in [1.29, 1.82) is 0 Å². The van der Waals surface area contributed by atoms with E-state index in [1.54, 1.807) is 0 Å². The highest BCUT2D eigenvalue weighted by atomic mass is 15.1. The van der Waals surface area contributed by atoms with Crippen LogP contribution in [0.25, 0.3) is 77.7 Å². The van der Waals surface area contributed by atoms with E-state index in [0.717, 1.165) is 27.9 Å². The molecule has 44 heavy (non-hydrogen) atoms. The Kier molecular flexibility index (Phi) is 5.47. The van der Waals surface area contributed by atoms with Crippen molar-refractivity contribution in [1.82, 2.24) is 18.9 Å². The summed E-state index contributed by atoms with van der Waals surface area (Å²) in [5, 5.41) is 3.61. The van der Waals surface area contributed by atoms with Gasteiger partial charge in [-0.15, -0.1) is 0 Å². The topological polar surface area (TPSA) is 35.1 Å². The molecule has 4 heterocycles. The van der Waals surface area contributed by atoms with Gasteiger partial charge in [0, 0.05) is 33.6 Å². The second-order valence-corrected chi connectivity index (χ2v) is 11.2. The van der Waals surface area contributed by atoms with Gasteiger partial charge in [-0.2, -0.15) is 0 Å². The van der Waals surface area contributed by atoms with E-state index in [0.29, 0.717) is 0 Å². The molecule has 0 unspecified atom stereocenters. The van der Waals surface area contributed by atoms with Crippen LogP contribution >= 0.6 is 0 Å². The van der Waals surface area contributed by atoms with Gasteiger partial charge in [0.2, 0.25) is 0 Å². The first kappa shape index (κ1) is 24.6. The number of pyridine rings is 2. The number of benzene rings is 5. The number of aromatic nitrogens is 4. The van der Waals surface area contributed by atoms with Crippen molar-refractivity contribution >= 4 is 38.4 Å². The summed E-state index contributed by atoms with van der Waals surface area (Å²) in [6.07, 6.45) is 3.75. The highest BCUT2D eigenvalue weighted by Gasteiger charge is 2.14. The lowest BCUT2D eigenvalue weighted by Crippen LogP contribution is -1.94. The van der Waals surface area contributed by atoms with Gasteiger partial charge in [0.15, 0.2) is 0 Å². The molecule has 0 aliphatic heterocycles. The molecule has 0 amide bonds. The lowest BCUT2D eigenvalue weighted by Gasteiger charge is -2.10. The third-order valence-corrected chi connectivity index (χ3v) is 8.61. The van der Waals surface area contributed by atoms with Gasteiger partial charge in [-0.25, -0.2) is 9.97 Å². The number of para-hydroxylation sites is 2. The van der Waals surface area contributed by atoms with Gasteiger partial charge < -0.3 is 4.57 Å². The molecular formula is C40H26N4. The number of rotatable bonds is 4. The fourth-order valence-electron chi connectivity index (χ4n) is 6.51. The molecular weight excluding hydrogens is 536 g/mol. The number of hydrogen-bond donors (Lipinski definition) is 0. The van der Waals surface area contributed by atoms with E-state index in [4.69, 9.17) is 4.98 Å². The minimum Gasteiger partial charge on any atom is -0.309 e. The van der Waals surface area contributed by atoms with Crippen LogP contribution in [0.3, 0.4) is 0 Å². The molecule has 0 aliphatic rings. The van der Waals surface area contributed by atoms with Crippen LogP contribution in [0.1, 0.15) is 0 Å². The van der Waals surface area contributed by atoms with Crippen LogP contribution in [0.5, 0.6) is 0 Å². The molecule has 0 spiro atoms. The molecule has 0 atom stereocenters. The molecule has 9 rings (SSSR count). The third-order valence-electron chi connectivity index (χ3n) is 8.61. The van der Waals surface area contributed by atoms with Crippen LogP contribution < -0.4 is 0 Å². The van der Waals surface area contributed by atoms with E-state index in [1.807, 2.05) is 18.5 Å². The number of nitrogens with zero attached hydrogens (tertiary/aromatic N) is 4. The predicted octanol–water partition coefficient (Wildman–Crippen LogP) is 9.98. The molecule has 0 saturated heterocycles. The molecule has 4 heteroatoms. The zero-order chi connectivity index (χ0) is 29.0. The third kappa shape index (κ3) is 3.85. The average molecular weight is 563 g/mol. The second kappa shape index (κ2) is 9.79. The number of fused-ring (bicyclic) bond motifs is 6. The van der Waals surface area contributed by atoms with Crippen molar-refractivity contribution in [2.45, 2.75) is 0 Å². The molecule has 5 aromatic carbocycles. The van der Waals surface area contributed by atoms with Gasteiger partial charge in [0.05, 0.1) is 22.7 Å². The highest BCUT2D eigenvalue weighted by molar-refractivity contribution is 6.10. The summed E-state index contributed by atoms with van der Waals surface area (Å²) in [4.78, 5) is 9.41. The van der Waals surface area contributed by atoms with Gasteiger partial charge in [-0.1, -0.05) is 84.9 Å². The quantitative estimate of drug-likeness (QED) is 0.214. The molecule has 0 saturated carbocycles. The summed E-state index contributed by atoms with van der Waals surface area (Å²) in [5.41, 5.74) is 11.4. The van der Waals surface area contributed by atoms with Crippen molar-refractivity contribution in [3.63, 3.8) is 0 Å². The maximum atomic E-state index is 4.76. The second-order valence-electron chi connectivity index (χ2n) is 11.2. The normalized spacial score (nSPS) is 11.6. The average Bonchev–Trinajstić information content (AvgIpc) is 3.68. The Hall–Kier alpha value is -6.00. The summed E-state index contributed by atoms with van der Waals surface area (Å²) >= 11 is 0. The van der Waals surface area contributed by atoms with Crippen molar-refractivity contribution in [3.8, 4) is 39.3 Å². The standard InChI is InChI=1S/C40H26N4/c1-2-11-33(12-3-1)43-37-14-5-4-13-35(37)36-25-32(20-22-38(36)43)31-9-6-8-30(24-31)27-15-17-29(18-16-27)40-42-26-34-21-19-28-10-7-23-41-39(28)44(34)40/h1-26H. The summed E-state index contributed by atoms with van der Waals surface area (Å²) in [6.45, 7) is 0. The molecule has 9 aromatic rings. The van der Waals surface area contributed by atoms with Crippen LogP contribution in [-0.2, 0) is 0 Å². The van der Waals surface area contributed by atoms with Crippen LogP contribution in [0, 0.1) is 0 Å².